The molecule has 2 aromatic heterocycles. The third-order valence-electron chi connectivity index (χ3n) is 4.53. The number of rotatable bonds is 6. The largest absolute Gasteiger partial charge is 0.465 e. The number of methoxy groups -OCH3 is 1. The molecule has 0 saturated heterocycles. The maximum atomic E-state index is 12.4. The zero-order valence-corrected chi connectivity index (χ0v) is 17.1. The Morgan fingerprint density at radius 1 is 1.22 bits per heavy atom. The van der Waals surface area contributed by atoms with Gasteiger partial charge in [-0.05, 0) is 43.4 Å². The fraction of sp³-hybridized carbons (Fsp3) is 0.450. The van der Waals surface area contributed by atoms with Crippen LogP contribution in [-0.4, -0.2) is 29.7 Å². The van der Waals surface area contributed by atoms with Gasteiger partial charge in [0.25, 0.3) is 0 Å². The van der Waals surface area contributed by atoms with E-state index in [2.05, 4.69) is 10.3 Å². The summed E-state index contributed by atoms with van der Waals surface area (Å²) < 4.78 is 5.00. The number of thiophene rings is 1. The summed E-state index contributed by atoms with van der Waals surface area (Å²) >= 11 is 3.08. The average molecular weight is 405 g/mol. The maximum Gasteiger partial charge on any atom is 0.341 e. The first-order chi connectivity index (χ1) is 13.2. The van der Waals surface area contributed by atoms with E-state index in [0.717, 1.165) is 36.3 Å². The predicted octanol–water partition coefficient (Wildman–Crippen LogP) is 4.71. The van der Waals surface area contributed by atoms with Crippen LogP contribution in [0.4, 0.5) is 5.00 Å². The quantitative estimate of drug-likeness (QED) is 0.558. The van der Waals surface area contributed by atoms with Crippen molar-refractivity contribution in [3.05, 3.63) is 40.4 Å². The number of thioether (sulfide) groups is 1. The summed E-state index contributed by atoms with van der Waals surface area (Å²) in [6.45, 7) is 0. The van der Waals surface area contributed by atoms with Gasteiger partial charge in [-0.1, -0.05) is 18.9 Å². The van der Waals surface area contributed by atoms with Gasteiger partial charge >= 0.3 is 5.97 Å². The minimum atomic E-state index is -0.355. The van der Waals surface area contributed by atoms with Gasteiger partial charge in [-0.15, -0.1) is 23.1 Å². The van der Waals surface area contributed by atoms with Gasteiger partial charge in [0.05, 0.1) is 17.7 Å². The Morgan fingerprint density at radius 3 is 2.78 bits per heavy atom. The number of ether oxygens (including phenoxy) is 1. The van der Waals surface area contributed by atoms with Gasteiger partial charge < -0.3 is 10.1 Å². The van der Waals surface area contributed by atoms with E-state index in [9.17, 15) is 9.59 Å². The molecule has 0 aliphatic heterocycles. The van der Waals surface area contributed by atoms with Crippen molar-refractivity contribution in [1.29, 1.82) is 0 Å². The molecule has 0 bridgehead atoms. The predicted molar refractivity (Wildman–Crippen MR) is 110 cm³/mol. The molecule has 0 saturated carbocycles. The Labute approximate surface area is 167 Å². The number of nitrogens with zero attached hydrogens (tertiary/aromatic N) is 1. The van der Waals surface area contributed by atoms with Crippen LogP contribution in [0.2, 0.25) is 0 Å². The van der Waals surface area contributed by atoms with E-state index in [1.54, 1.807) is 18.0 Å². The molecule has 2 heterocycles. The van der Waals surface area contributed by atoms with Gasteiger partial charge in [0.1, 0.15) is 5.00 Å². The van der Waals surface area contributed by atoms with Crippen LogP contribution in [-0.2, 0) is 22.4 Å². The molecule has 5 nitrogen and oxygen atoms in total. The Kier molecular flexibility index (Phi) is 7.29. The summed E-state index contributed by atoms with van der Waals surface area (Å²) in [7, 11) is 1.39. The second kappa shape index (κ2) is 9.90. The second-order valence-corrected chi connectivity index (χ2v) is 8.65. The number of amides is 1. The minimum Gasteiger partial charge on any atom is -0.465 e. The molecule has 0 aromatic carbocycles. The van der Waals surface area contributed by atoms with Crippen LogP contribution in [0.25, 0.3) is 0 Å². The van der Waals surface area contributed by atoms with Gasteiger partial charge in [0.15, 0.2) is 0 Å². The van der Waals surface area contributed by atoms with Crippen LogP contribution in [0.5, 0.6) is 0 Å². The Morgan fingerprint density at radius 2 is 2.04 bits per heavy atom. The van der Waals surface area contributed by atoms with Crippen LogP contribution < -0.4 is 5.32 Å². The molecule has 2 aromatic rings. The molecule has 3 rings (SSSR count). The molecule has 1 N–H and O–H groups in total. The van der Waals surface area contributed by atoms with Crippen LogP contribution in [0.15, 0.2) is 29.4 Å². The van der Waals surface area contributed by atoms with E-state index in [0.29, 0.717) is 22.7 Å². The highest BCUT2D eigenvalue weighted by Crippen LogP contribution is 2.37. The Hall–Kier alpha value is -1.86. The highest BCUT2D eigenvalue weighted by molar-refractivity contribution is 7.99. The first kappa shape index (κ1) is 19.9. The number of aryl methyl sites for hydroxylation is 1. The molecule has 7 heteroatoms. The van der Waals surface area contributed by atoms with Crippen molar-refractivity contribution >= 4 is 40.0 Å². The normalized spacial score (nSPS) is 14.0. The van der Waals surface area contributed by atoms with Crippen LogP contribution >= 0.6 is 23.1 Å². The summed E-state index contributed by atoms with van der Waals surface area (Å²) in [5.74, 6) is 0.200. The van der Waals surface area contributed by atoms with E-state index >= 15 is 0 Å². The zero-order valence-electron chi connectivity index (χ0n) is 15.5. The van der Waals surface area contributed by atoms with Crippen molar-refractivity contribution in [2.45, 2.75) is 50.0 Å². The second-order valence-electron chi connectivity index (χ2n) is 6.43. The van der Waals surface area contributed by atoms with E-state index in [1.165, 1.54) is 36.2 Å². The van der Waals surface area contributed by atoms with Crippen molar-refractivity contribution in [2.24, 2.45) is 0 Å². The van der Waals surface area contributed by atoms with Gasteiger partial charge in [0.2, 0.25) is 5.91 Å². The number of pyridine rings is 1. The number of hydrogen-bond donors (Lipinski definition) is 1. The van der Waals surface area contributed by atoms with Crippen molar-refractivity contribution in [2.75, 3.05) is 18.2 Å². The number of fused-ring (bicyclic) bond motifs is 1. The van der Waals surface area contributed by atoms with E-state index in [1.807, 2.05) is 18.2 Å². The topological polar surface area (TPSA) is 68.3 Å². The number of hydrogen-bond acceptors (Lipinski definition) is 6. The Bertz CT molecular complexity index is 790. The summed E-state index contributed by atoms with van der Waals surface area (Å²) in [6, 6.07) is 5.73. The lowest BCUT2D eigenvalue weighted by atomic mass is 9.96. The number of carbonyl (C=O) groups excluding carboxylic acids is 2. The third kappa shape index (κ3) is 5.32. The molecule has 0 atom stereocenters. The number of aromatic nitrogens is 1. The van der Waals surface area contributed by atoms with E-state index in [-0.39, 0.29) is 11.9 Å². The standard InChI is InChI=1S/C20H24N2O3S2/c1-25-20(24)18-14-8-4-2-3-5-9-15(14)27-19(18)22-16(23)11-13-26-17-10-6-7-12-21-17/h6-7,10,12H,2-5,8-9,11,13H2,1H3,(H,22,23). The molecule has 0 spiro atoms. The molecular weight excluding hydrogens is 380 g/mol. The van der Waals surface area contributed by atoms with Crippen LogP contribution in [0, 0.1) is 0 Å². The fourth-order valence-corrected chi connectivity index (χ4v) is 5.30. The monoisotopic (exact) mass is 404 g/mol. The third-order valence-corrected chi connectivity index (χ3v) is 6.68. The molecule has 0 unspecified atom stereocenters. The lowest BCUT2D eigenvalue weighted by Crippen LogP contribution is -2.15. The molecule has 1 amide bonds. The highest BCUT2D eigenvalue weighted by Gasteiger charge is 2.25. The molecule has 0 radical (unpaired) electrons. The minimum absolute atomic E-state index is 0.0854. The van der Waals surface area contributed by atoms with Gasteiger partial charge in [-0.3, -0.25) is 4.79 Å². The molecular formula is C20H24N2O3S2. The van der Waals surface area contributed by atoms with Crippen molar-refractivity contribution in [1.82, 2.24) is 4.98 Å². The molecule has 27 heavy (non-hydrogen) atoms. The Balaban J connectivity index is 1.68. The SMILES string of the molecule is COC(=O)c1c(NC(=O)CCSc2ccccn2)sc2c1CCCCCC2. The van der Waals surface area contributed by atoms with Gasteiger partial charge in [-0.2, -0.15) is 0 Å². The average Bonchev–Trinajstić information content (AvgIpc) is 2.98. The summed E-state index contributed by atoms with van der Waals surface area (Å²) in [5, 5.41) is 4.50. The number of carbonyl (C=O) groups is 2. The van der Waals surface area contributed by atoms with Gasteiger partial charge in [-0.25, -0.2) is 9.78 Å². The van der Waals surface area contributed by atoms with Crippen LogP contribution in [0.3, 0.4) is 0 Å². The highest BCUT2D eigenvalue weighted by atomic mass is 32.2. The summed E-state index contributed by atoms with van der Waals surface area (Å²) in [6.07, 6.45) is 8.55. The van der Waals surface area contributed by atoms with E-state index in [4.69, 9.17) is 4.74 Å². The fourth-order valence-electron chi connectivity index (χ4n) is 3.20. The van der Waals surface area contributed by atoms with E-state index < -0.39 is 0 Å². The summed E-state index contributed by atoms with van der Waals surface area (Å²) in [5.41, 5.74) is 1.63. The number of esters is 1. The van der Waals surface area contributed by atoms with Crippen molar-refractivity contribution in [3.63, 3.8) is 0 Å². The maximum absolute atomic E-state index is 12.4. The van der Waals surface area contributed by atoms with Crippen molar-refractivity contribution in [3.8, 4) is 0 Å². The lowest BCUT2D eigenvalue weighted by molar-refractivity contribution is -0.115. The molecule has 1 aliphatic rings. The molecule has 1 aliphatic carbocycles. The first-order valence-corrected chi connectivity index (χ1v) is 11.1. The smallest absolute Gasteiger partial charge is 0.341 e. The molecule has 144 valence electrons. The summed E-state index contributed by atoms with van der Waals surface area (Å²) in [4.78, 5) is 30.2. The zero-order chi connectivity index (χ0) is 19.1. The lowest BCUT2D eigenvalue weighted by Gasteiger charge is -2.11. The number of anilines is 1. The first-order valence-electron chi connectivity index (χ1n) is 9.25. The molecule has 0 fully saturated rings. The van der Waals surface area contributed by atoms with Gasteiger partial charge in [0, 0.05) is 23.2 Å². The van der Waals surface area contributed by atoms with Crippen LogP contribution in [0.1, 0.15) is 52.9 Å². The van der Waals surface area contributed by atoms with Crippen molar-refractivity contribution < 1.29 is 14.3 Å². The number of nitrogens with one attached hydrogen (secondary N) is 1.